The van der Waals surface area contributed by atoms with Gasteiger partial charge in [-0.1, -0.05) is 5.16 Å². The van der Waals surface area contributed by atoms with Crippen molar-refractivity contribution in [3.63, 3.8) is 0 Å². The molecular formula is C17H25N5O2. The summed E-state index contributed by atoms with van der Waals surface area (Å²) < 4.78 is 7.11. The number of hydrogen-bond donors (Lipinski definition) is 0. The molecule has 0 unspecified atom stereocenters. The molecule has 24 heavy (non-hydrogen) atoms. The lowest BCUT2D eigenvalue weighted by atomic mass is 10.1. The summed E-state index contributed by atoms with van der Waals surface area (Å²) in [7, 11) is 3.76. The van der Waals surface area contributed by atoms with E-state index in [2.05, 4.69) is 15.2 Å². The summed E-state index contributed by atoms with van der Waals surface area (Å²) in [6, 6.07) is 0. The normalized spacial score (nSPS) is 14.2. The maximum Gasteiger partial charge on any atom is 0.229 e. The van der Waals surface area contributed by atoms with Crippen molar-refractivity contribution in [1.82, 2.24) is 24.8 Å². The minimum Gasteiger partial charge on any atom is -0.345 e. The van der Waals surface area contributed by atoms with Gasteiger partial charge in [-0.3, -0.25) is 9.48 Å². The number of hydrogen-bond acceptors (Lipinski definition) is 5. The molecule has 2 aromatic rings. The van der Waals surface area contributed by atoms with Crippen LogP contribution in [-0.2, 0) is 24.7 Å². The van der Waals surface area contributed by atoms with Crippen LogP contribution < -0.4 is 0 Å². The Morgan fingerprint density at radius 2 is 2.08 bits per heavy atom. The molecule has 130 valence electrons. The molecule has 1 aliphatic rings. The van der Waals surface area contributed by atoms with Crippen LogP contribution in [0.15, 0.2) is 4.52 Å². The second-order valence-electron chi connectivity index (χ2n) is 6.66. The highest BCUT2D eigenvalue weighted by Gasteiger charge is 2.29. The number of amides is 1. The lowest BCUT2D eigenvalue weighted by molar-refractivity contribution is -0.129. The third-order valence-electron chi connectivity index (χ3n) is 4.75. The number of likely N-dealkylation sites (N-methyl/N-ethyl adjacent to an activating group) is 1. The Balaban J connectivity index is 1.47. The SMILES string of the molecule is Cc1nn(C)c(C)c1CCC(=O)N(C)CCc1noc(C2CC2)n1. The molecule has 0 radical (unpaired) electrons. The highest BCUT2D eigenvalue weighted by atomic mass is 16.5. The Morgan fingerprint density at radius 3 is 2.71 bits per heavy atom. The first-order valence-corrected chi connectivity index (χ1v) is 8.51. The molecule has 1 amide bonds. The van der Waals surface area contributed by atoms with E-state index in [1.165, 1.54) is 5.56 Å². The van der Waals surface area contributed by atoms with E-state index in [0.29, 0.717) is 31.1 Å². The van der Waals surface area contributed by atoms with Crippen molar-refractivity contribution in [1.29, 1.82) is 0 Å². The molecule has 2 heterocycles. The van der Waals surface area contributed by atoms with E-state index >= 15 is 0 Å². The first kappa shape index (κ1) is 16.7. The predicted molar refractivity (Wildman–Crippen MR) is 88.6 cm³/mol. The van der Waals surface area contributed by atoms with Crippen LogP contribution in [0.3, 0.4) is 0 Å². The fourth-order valence-electron chi connectivity index (χ4n) is 2.86. The molecular weight excluding hydrogens is 306 g/mol. The molecule has 7 heteroatoms. The van der Waals surface area contributed by atoms with Crippen LogP contribution in [0.4, 0.5) is 0 Å². The van der Waals surface area contributed by atoms with E-state index in [9.17, 15) is 4.79 Å². The lowest BCUT2D eigenvalue weighted by Gasteiger charge is -2.16. The second-order valence-corrected chi connectivity index (χ2v) is 6.66. The number of aryl methyl sites for hydroxylation is 2. The van der Waals surface area contributed by atoms with Crippen LogP contribution in [0.5, 0.6) is 0 Å². The third kappa shape index (κ3) is 3.66. The van der Waals surface area contributed by atoms with Crippen LogP contribution in [-0.4, -0.2) is 44.3 Å². The molecule has 0 saturated heterocycles. The van der Waals surface area contributed by atoms with Gasteiger partial charge in [-0.25, -0.2) is 0 Å². The Kier molecular flexibility index (Phi) is 4.69. The highest BCUT2D eigenvalue weighted by molar-refractivity contribution is 5.76. The minimum absolute atomic E-state index is 0.128. The summed E-state index contributed by atoms with van der Waals surface area (Å²) in [4.78, 5) is 18.5. The van der Waals surface area contributed by atoms with Crippen LogP contribution in [0.2, 0.25) is 0 Å². The zero-order chi connectivity index (χ0) is 17.3. The maximum atomic E-state index is 12.3. The first-order chi connectivity index (χ1) is 11.5. The summed E-state index contributed by atoms with van der Waals surface area (Å²) in [5.74, 6) is 2.04. The van der Waals surface area contributed by atoms with E-state index in [1.54, 1.807) is 4.90 Å². The van der Waals surface area contributed by atoms with Gasteiger partial charge in [-0.2, -0.15) is 10.1 Å². The molecule has 0 aliphatic heterocycles. The van der Waals surface area contributed by atoms with E-state index in [0.717, 1.165) is 36.5 Å². The fourth-order valence-corrected chi connectivity index (χ4v) is 2.86. The van der Waals surface area contributed by atoms with Gasteiger partial charge in [0.2, 0.25) is 11.8 Å². The van der Waals surface area contributed by atoms with Crippen molar-refractivity contribution >= 4 is 5.91 Å². The molecule has 1 saturated carbocycles. The zero-order valence-electron chi connectivity index (χ0n) is 14.9. The number of rotatable bonds is 7. The second kappa shape index (κ2) is 6.75. The van der Waals surface area contributed by atoms with Crippen molar-refractivity contribution < 1.29 is 9.32 Å². The Morgan fingerprint density at radius 1 is 1.33 bits per heavy atom. The summed E-state index contributed by atoms with van der Waals surface area (Å²) in [5.41, 5.74) is 3.30. The molecule has 1 aliphatic carbocycles. The number of aromatic nitrogens is 4. The van der Waals surface area contributed by atoms with Crippen molar-refractivity contribution in [3.05, 3.63) is 28.7 Å². The Hall–Kier alpha value is -2.18. The molecule has 0 aromatic carbocycles. The van der Waals surface area contributed by atoms with Gasteiger partial charge in [-0.15, -0.1) is 0 Å². The number of carbonyl (C=O) groups is 1. The molecule has 0 atom stereocenters. The van der Waals surface area contributed by atoms with Crippen LogP contribution in [0.1, 0.15) is 53.8 Å². The van der Waals surface area contributed by atoms with E-state index < -0.39 is 0 Å². The van der Waals surface area contributed by atoms with Gasteiger partial charge in [0.05, 0.1) is 5.69 Å². The van der Waals surface area contributed by atoms with Crippen molar-refractivity contribution in [3.8, 4) is 0 Å². The predicted octanol–water partition coefficient (Wildman–Crippen LogP) is 1.93. The van der Waals surface area contributed by atoms with Gasteiger partial charge >= 0.3 is 0 Å². The van der Waals surface area contributed by atoms with Crippen molar-refractivity contribution in [2.24, 2.45) is 7.05 Å². The van der Waals surface area contributed by atoms with Crippen LogP contribution in [0.25, 0.3) is 0 Å². The smallest absolute Gasteiger partial charge is 0.229 e. The van der Waals surface area contributed by atoms with Crippen LogP contribution in [0, 0.1) is 13.8 Å². The first-order valence-electron chi connectivity index (χ1n) is 8.51. The Bertz CT molecular complexity index is 729. The topological polar surface area (TPSA) is 77.0 Å². The molecule has 2 aromatic heterocycles. The quantitative estimate of drug-likeness (QED) is 0.775. The molecule has 0 spiro atoms. The van der Waals surface area contributed by atoms with E-state index in [1.807, 2.05) is 32.6 Å². The van der Waals surface area contributed by atoms with Gasteiger partial charge in [0.25, 0.3) is 0 Å². The largest absolute Gasteiger partial charge is 0.345 e. The van der Waals surface area contributed by atoms with Crippen molar-refractivity contribution in [2.75, 3.05) is 13.6 Å². The molecule has 3 rings (SSSR count). The number of carbonyl (C=O) groups excluding carboxylic acids is 1. The number of nitrogens with zero attached hydrogens (tertiary/aromatic N) is 5. The zero-order valence-corrected chi connectivity index (χ0v) is 14.9. The van der Waals surface area contributed by atoms with Gasteiger partial charge < -0.3 is 9.42 Å². The summed E-state index contributed by atoms with van der Waals surface area (Å²) in [5, 5.41) is 8.39. The van der Waals surface area contributed by atoms with E-state index in [-0.39, 0.29) is 5.91 Å². The summed E-state index contributed by atoms with van der Waals surface area (Å²) in [6.45, 7) is 4.63. The standard InChI is InChI=1S/C17H25N5O2/c1-11-14(12(2)22(4)19-11)7-8-16(23)21(3)10-9-15-18-17(24-20-15)13-5-6-13/h13H,5-10H2,1-4H3. The average Bonchev–Trinajstić information content (AvgIpc) is 3.24. The molecule has 1 fully saturated rings. The third-order valence-corrected chi connectivity index (χ3v) is 4.75. The average molecular weight is 331 g/mol. The Labute approximate surface area is 142 Å². The molecule has 0 N–H and O–H groups in total. The summed E-state index contributed by atoms with van der Waals surface area (Å²) >= 11 is 0. The molecule has 7 nitrogen and oxygen atoms in total. The maximum absolute atomic E-state index is 12.3. The van der Waals surface area contributed by atoms with Gasteiger partial charge in [0.15, 0.2) is 5.82 Å². The van der Waals surface area contributed by atoms with Crippen molar-refractivity contribution in [2.45, 2.75) is 51.9 Å². The van der Waals surface area contributed by atoms with Gasteiger partial charge in [0, 0.05) is 45.1 Å². The summed E-state index contributed by atoms with van der Waals surface area (Å²) in [6.07, 6.45) is 4.13. The fraction of sp³-hybridized carbons (Fsp3) is 0.647. The monoisotopic (exact) mass is 331 g/mol. The lowest BCUT2D eigenvalue weighted by Crippen LogP contribution is -2.29. The van der Waals surface area contributed by atoms with Gasteiger partial charge in [0.1, 0.15) is 0 Å². The highest BCUT2D eigenvalue weighted by Crippen LogP contribution is 2.38. The van der Waals surface area contributed by atoms with Gasteiger partial charge in [-0.05, 0) is 38.7 Å². The minimum atomic E-state index is 0.128. The van der Waals surface area contributed by atoms with E-state index in [4.69, 9.17) is 4.52 Å². The molecule has 0 bridgehead atoms. The van der Waals surface area contributed by atoms with Crippen LogP contribution >= 0.6 is 0 Å².